The predicted octanol–water partition coefficient (Wildman–Crippen LogP) is 3.27. The number of ether oxygens (including phenoxy) is 2. The number of thiocarbonyl (C=S) groups is 1. The maximum Gasteiger partial charge on any atom is 0.266 e. The summed E-state index contributed by atoms with van der Waals surface area (Å²) in [6, 6.07) is 11.4. The highest BCUT2D eigenvalue weighted by Gasteiger charge is 2.35. The molecule has 1 saturated heterocycles. The van der Waals surface area contributed by atoms with Crippen molar-refractivity contribution in [3.63, 3.8) is 0 Å². The number of amides is 1. The Balaban J connectivity index is 1.77. The zero-order valence-electron chi connectivity index (χ0n) is 16.1. The first kappa shape index (κ1) is 22.1. The van der Waals surface area contributed by atoms with Crippen molar-refractivity contribution >= 4 is 57.9 Å². The molecule has 30 heavy (non-hydrogen) atoms. The van der Waals surface area contributed by atoms with Crippen LogP contribution in [0.3, 0.4) is 0 Å². The van der Waals surface area contributed by atoms with E-state index in [1.54, 1.807) is 36.4 Å². The molecule has 1 heterocycles. The normalized spacial score (nSPS) is 16.1. The number of carboxylic acid groups (broad SMARTS) is 1. The number of carbonyl (C=O) groups is 2. The molecule has 2 aromatic carbocycles. The monoisotopic (exact) mass is 462 g/mol. The van der Waals surface area contributed by atoms with Crippen molar-refractivity contribution in [2.45, 2.75) is 19.6 Å². The second-order valence-electron chi connectivity index (χ2n) is 6.37. The van der Waals surface area contributed by atoms with E-state index >= 15 is 0 Å². The van der Waals surface area contributed by atoms with Gasteiger partial charge in [0, 0.05) is 5.02 Å². The molecule has 156 valence electrons. The molecule has 0 saturated carbocycles. The minimum atomic E-state index is -1.36. The first-order valence-corrected chi connectivity index (χ1v) is 10.4. The van der Waals surface area contributed by atoms with Crippen LogP contribution in [0.15, 0.2) is 47.4 Å². The molecule has 0 aromatic heterocycles. The maximum absolute atomic E-state index is 12.6. The van der Waals surface area contributed by atoms with Gasteiger partial charge in [-0.25, -0.2) is 0 Å². The second kappa shape index (κ2) is 9.51. The number of carbonyl (C=O) groups excluding carboxylic acids is 2. The molecule has 1 aliphatic rings. The van der Waals surface area contributed by atoms with Crippen LogP contribution in [0.25, 0.3) is 6.08 Å². The van der Waals surface area contributed by atoms with Crippen molar-refractivity contribution < 1.29 is 24.2 Å². The van der Waals surface area contributed by atoms with Crippen LogP contribution < -0.4 is 14.6 Å². The zero-order chi connectivity index (χ0) is 21.8. The molecule has 1 fully saturated rings. The summed E-state index contributed by atoms with van der Waals surface area (Å²) in [6.07, 6.45) is 1.63. The minimum absolute atomic E-state index is 0.179. The number of carboxylic acids is 1. The fourth-order valence-electron chi connectivity index (χ4n) is 2.71. The van der Waals surface area contributed by atoms with Crippen molar-refractivity contribution in [1.29, 1.82) is 0 Å². The van der Waals surface area contributed by atoms with Crippen molar-refractivity contribution in [3.05, 3.63) is 63.5 Å². The van der Waals surface area contributed by atoms with E-state index in [9.17, 15) is 14.7 Å². The number of aliphatic carboxylic acids is 1. The highest BCUT2D eigenvalue weighted by molar-refractivity contribution is 8.26. The van der Waals surface area contributed by atoms with E-state index in [0.29, 0.717) is 33.6 Å². The lowest BCUT2D eigenvalue weighted by atomic mass is 10.1. The number of nitrogens with zero attached hydrogens (tertiary/aromatic N) is 1. The Morgan fingerprint density at radius 3 is 2.60 bits per heavy atom. The van der Waals surface area contributed by atoms with Gasteiger partial charge in [0.25, 0.3) is 5.91 Å². The first-order valence-electron chi connectivity index (χ1n) is 8.83. The van der Waals surface area contributed by atoms with Crippen molar-refractivity contribution in [2.24, 2.45) is 0 Å². The van der Waals surface area contributed by atoms with Crippen molar-refractivity contribution in [2.75, 3.05) is 7.11 Å². The van der Waals surface area contributed by atoms with Gasteiger partial charge in [-0.3, -0.25) is 9.69 Å². The average Bonchev–Trinajstić information content (AvgIpc) is 3.00. The number of thioether (sulfide) groups is 1. The van der Waals surface area contributed by atoms with Gasteiger partial charge in [0.15, 0.2) is 11.5 Å². The molecule has 2 aromatic rings. The summed E-state index contributed by atoms with van der Waals surface area (Å²) < 4.78 is 11.4. The van der Waals surface area contributed by atoms with Crippen LogP contribution in [0, 0.1) is 0 Å². The largest absolute Gasteiger partial charge is 0.548 e. The molecule has 3 rings (SSSR count). The van der Waals surface area contributed by atoms with Crippen LogP contribution in [0.1, 0.15) is 18.1 Å². The van der Waals surface area contributed by atoms with Gasteiger partial charge in [-0.2, -0.15) is 0 Å². The van der Waals surface area contributed by atoms with Gasteiger partial charge < -0.3 is 19.4 Å². The molecule has 9 heteroatoms. The highest BCUT2D eigenvalue weighted by Crippen LogP contribution is 2.35. The van der Waals surface area contributed by atoms with E-state index in [1.165, 1.54) is 14.0 Å². The molecule has 0 radical (unpaired) electrons. The Bertz CT molecular complexity index is 1020. The summed E-state index contributed by atoms with van der Waals surface area (Å²) in [5.41, 5.74) is 1.64. The second-order valence-corrected chi connectivity index (χ2v) is 8.48. The van der Waals surface area contributed by atoms with Gasteiger partial charge in [0.2, 0.25) is 0 Å². The molecular weight excluding hydrogens is 446 g/mol. The molecule has 0 bridgehead atoms. The number of hydrogen-bond acceptors (Lipinski definition) is 7. The lowest BCUT2D eigenvalue weighted by molar-refractivity contribution is -0.309. The van der Waals surface area contributed by atoms with E-state index in [4.69, 9.17) is 33.3 Å². The Labute approximate surface area is 188 Å². The fraction of sp³-hybridized carbons (Fsp3) is 0.190. The number of benzene rings is 2. The molecule has 1 atom stereocenters. The average molecular weight is 463 g/mol. The van der Waals surface area contributed by atoms with Gasteiger partial charge in [-0.15, -0.1) is 0 Å². The molecular formula is C21H17ClNO5S2-. The van der Waals surface area contributed by atoms with Gasteiger partial charge in [-0.1, -0.05) is 53.8 Å². The highest BCUT2D eigenvalue weighted by atomic mass is 35.5. The zero-order valence-corrected chi connectivity index (χ0v) is 18.5. The molecule has 0 N–H and O–H groups in total. The topological polar surface area (TPSA) is 78.9 Å². The van der Waals surface area contributed by atoms with Crippen molar-refractivity contribution in [1.82, 2.24) is 4.90 Å². The molecule has 1 aliphatic heterocycles. The van der Waals surface area contributed by atoms with Crippen LogP contribution in [0.2, 0.25) is 5.02 Å². The van der Waals surface area contributed by atoms with E-state index in [0.717, 1.165) is 22.2 Å². The molecule has 0 spiro atoms. The number of hydrogen-bond donors (Lipinski definition) is 0. The summed E-state index contributed by atoms with van der Waals surface area (Å²) >= 11 is 12.1. The summed E-state index contributed by atoms with van der Waals surface area (Å²) in [6.45, 7) is 1.70. The summed E-state index contributed by atoms with van der Waals surface area (Å²) in [5.74, 6) is -0.792. The van der Waals surface area contributed by atoms with Gasteiger partial charge in [-0.05, 0) is 48.4 Å². The van der Waals surface area contributed by atoms with Crippen LogP contribution >= 0.6 is 35.6 Å². The van der Waals surface area contributed by atoms with Crippen LogP contribution in [-0.4, -0.2) is 34.2 Å². The third-order valence-electron chi connectivity index (χ3n) is 4.34. The van der Waals surface area contributed by atoms with E-state index in [-0.39, 0.29) is 4.32 Å². The van der Waals surface area contributed by atoms with Crippen LogP contribution in [0.5, 0.6) is 11.5 Å². The molecule has 0 unspecified atom stereocenters. The Morgan fingerprint density at radius 1 is 1.27 bits per heavy atom. The Hall–Kier alpha value is -2.55. The molecule has 1 amide bonds. The SMILES string of the molecule is COc1cc(/C=C2\SC(=S)N([C@@H](C)C(=O)[O-])C2=O)ccc1OCc1ccc(Cl)cc1. The molecule has 0 aliphatic carbocycles. The third kappa shape index (κ3) is 4.95. The van der Waals surface area contributed by atoms with Crippen molar-refractivity contribution in [3.8, 4) is 11.5 Å². The summed E-state index contributed by atoms with van der Waals surface area (Å²) in [4.78, 5) is 25.0. The fourth-order valence-corrected chi connectivity index (χ4v) is 4.25. The lowest BCUT2D eigenvalue weighted by Gasteiger charge is -2.23. The van der Waals surface area contributed by atoms with Crippen LogP contribution in [-0.2, 0) is 16.2 Å². The smallest absolute Gasteiger partial charge is 0.266 e. The van der Waals surface area contributed by atoms with E-state index in [1.807, 2.05) is 12.1 Å². The number of halogens is 1. The Morgan fingerprint density at radius 2 is 1.97 bits per heavy atom. The summed E-state index contributed by atoms with van der Waals surface area (Å²) in [7, 11) is 1.52. The van der Waals surface area contributed by atoms with Crippen LogP contribution in [0.4, 0.5) is 0 Å². The van der Waals surface area contributed by atoms with Gasteiger partial charge >= 0.3 is 0 Å². The van der Waals surface area contributed by atoms with E-state index < -0.39 is 17.9 Å². The standard InChI is InChI=1S/C21H18ClNO5S2/c1-12(20(25)26)23-19(24)18(30-21(23)29)10-14-5-8-16(17(9-14)27-2)28-11-13-3-6-15(22)7-4-13/h3-10,12H,11H2,1-2H3,(H,25,26)/p-1/b18-10-/t12-/m0/s1. The third-order valence-corrected chi connectivity index (χ3v) is 5.93. The Kier molecular flexibility index (Phi) is 7.02. The summed E-state index contributed by atoms with van der Waals surface area (Å²) in [5, 5.41) is 11.8. The van der Waals surface area contributed by atoms with E-state index in [2.05, 4.69) is 0 Å². The minimum Gasteiger partial charge on any atom is -0.548 e. The van der Waals surface area contributed by atoms with Gasteiger partial charge in [0.05, 0.1) is 24.0 Å². The maximum atomic E-state index is 12.6. The number of rotatable bonds is 7. The predicted molar refractivity (Wildman–Crippen MR) is 118 cm³/mol. The molecule has 6 nitrogen and oxygen atoms in total. The quantitative estimate of drug-likeness (QED) is 0.461. The number of methoxy groups -OCH3 is 1. The first-order chi connectivity index (χ1) is 14.3. The lowest BCUT2D eigenvalue weighted by Crippen LogP contribution is -2.48. The van der Waals surface area contributed by atoms with Gasteiger partial charge in [0.1, 0.15) is 10.9 Å².